The molecule has 0 aromatic carbocycles. The topological polar surface area (TPSA) is 12.9 Å². The molecular weight excluding hydrogens is 293 g/mol. The molecule has 1 nitrogen and oxygen atoms in total. The zero-order valence-electron chi connectivity index (χ0n) is 5.87. The summed E-state index contributed by atoms with van der Waals surface area (Å²) in [4.78, 5) is 4.13. The van der Waals surface area contributed by atoms with Gasteiger partial charge in [0.2, 0.25) is 0 Å². The van der Waals surface area contributed by atoms with Gasteiger partial charge in [-0.3, -0.25) is 0 Å². The lowest BCUT2D eigenvalue weighted by molar-refractivity contribution is 1.13. The zero-order valence-corrected chi connectivity index (χ0v) is 9.79. The van der Waals surface area contributed by atoms with E-state index in [9.17, 15) is 0 Å². The first-order chi connectivity index (χ1) is 5.15. The summed E-state index contributed by atoms with van der Waals surface area (Å²) >= 11 is 12.4. The fourth-order valence-corrected chi connectivity index (χ4v) is 1.84. The molecule has 0 saturated carbocycles. The van der Waals surface area contributed by atoms with Crippen LogP contribution in [-0.2, 0) is 5.33 Å². The first-order valence-electron chi connectivity index (χ1n) is 3.02. The second-order valence-electron chi connectivity index (χ2n) is 2.14. The van der Waals surface area contributed by atoms with Crippen LogP contribution in [0.4, 0.5) is 0 Å². The fraction of sp³-hybridized carbons (Fsp3) is 0.286. The second kappa shape index (κ2) is 3.87. The Balaban J connectivity index is 3.21. The summed E-state index contributed by atoms with van der Waals surface area (Å²) in [6, 6.07) is 1.97. The van der Waals surface area contributed by atoms with Gasteiger partial charge >= 0.3 is 0 Å². The van der Waals surface area contributed by atoms with Crippen molar-refractivity contribution in [1.82, 2.24) is 4.98 Å². The average molecular weight is 299 g/mol. The minimum atomic E-state index is 0.521. The number of halogens is 3. The van der Waals surface area contributed by atoms with E-state index in [1.165, 1.54) is 0 Å². The lowest BCUT2D eigenvalue weighted by Crippen LogP contribution is -1.90. The van der Waals surface area contributed by atoms with Crippen molar-refractivity contribution < 1.29 is 0 Å². The predicted molar refractivity (Wildman–Crippen MR) is 54.3 cm³/mol. The maximum atomic E-state index is 5.77. The number of aromatic nitrogens is 1. The summed E-state index contributed by atoms with van der Waals surface area (Å²) in [5, 5.41) is 1.33. The van der Waals surface area contributed by atoms with Gasteiger partial charge < -0.3 is 0 Å². The smallest absolute Gasteiger partial charge is 0.143 e. The van der Waals surface area contributed by atoms with E-state index in [0.717, 1.165) is 21.1 Å². The van der Waals surface area contributed by atoms with Crippen LogP contribution in [0.5, 0.6) is 0 Å². The van der Waals surface area contributed by atoms with Crippen LogP contribution in [0.25, 0.3) is 0 Å². The summed E-state index contributed by atoms with van der Waals surface area (Å²) in [5.74, 6) is 0. The molecule has 1 rings (SSSR count). The molecule has 0 radical (unpaired) electrons. The van der Waals surface area contributed by atoms with Gasteiger partial charge in [-0.05, 0) is 34.5 Å². The Labute approximate surface area is 87.4 Å². The number of nitrogens with zero attached hydrogens (tertiary/aromatic N) is 1. The molecule has 11 heavy (non-hydrogen) atoms. The summed E-state index contributed by atoms with van der Waals surface area (Å²) in [6.45, 7) is 1.94. The molecule has 1 heterocycles. The highest BCUT2D eigenvalue weighted by atomic mass is 79.9. The quantitative estimate of drug-likeness (QED) is 0.569. The molecular formula is C7H6Br2ClN. The molecule has 0 bridgehead atoms. The predicted octanol–water partition coefficient (Wildman–Crippen LogP) is 3.70. The van der Waals surface area contributed by atoms with Gasteiger partial charge in [0.1, 0.15) is 5.15 Å². The van der Waals surface area contributed by atoms with E-state index in [-0.39, 0.29) is 0 Å². The summed E-state index contributed by atoms with van der Waals surface area (Å²) < 4.78 is 0.846. The largest absolute Gasteiger partial charge is 0.240 e. The fourth-order valence-electron chi connectivity index (χ4n) is 0.725. The zero-order chi connectivity index (χ0) is 8.43. The molecule has 0 unspecified atom stereocenters. The van der Waals surface area contributed by atoms with Gasteiger partial charge in [-0.2, -0.15) is 0 Å². The molecule has 0 atom stereocenters. The van der Waals surface area contributed by atoms with Crippen molar-refractivity contribution in [3.63, 3.8) is 0 Å². The van der Waals surface area contributed by atoms with Gasteiger partial charge in [0, 0.05) is 11.0 Å². The van der Waals surface area contributed by atoms with Crippen LogP contribution in [0.15, 0.2) is 10.5 Å². The van der Waals surface area contributed by atoms with E-state index in [1.54, 1.807) is 0 Å². The number of pyridine rings is 1. The third-order valence-electron chi connectivity index (χ3n) is 1.37. The number of aryl methyl sites for hydroxylation is 1. The molecule has 0 aliphatic heterocycles. The van der Waals surface area contributed by atoms with Crippen LogP contribution in [0, 0.1) is 6.92 Å². The third kappa shape index (κ3) is 2.17. The standard InChI is InChI=1S/C7H6Br2ClN/c1-4-5(3-8)2-6(9)7(10)11-4/h2H,3H2,1H3. The van der Waals surface area contributed by atoms with Crippen molar-refractivity contribution in [3.8, 4) is 0 Å². The molecule has 0 N–H and O–H groups in total. The third-order valence-corrected chi connectivity index (χ3v) is 3.10. The number of hydrogen-bond donors (Lipinski definition) is 0. The summed E-state index contributed by atoms with van der Waals surface area (Å²) in [5.41, 5.74) is 2.12. The van der Waals surface area contributed by atoms with Crippen molar-refractivity contribution in [1.29, 1.82) is 0 Å². The van der Waals surface area contributed by atoms with Gasteiger partial charge in [0.25, 0.3) is 0 Å². The maximum absolute atomic E-state index is 5.77. The average Bonchev–Trinajstić information content (AvgIpc) is 1.97. The molecule has 0 fully saturated rings. The second-order valence-corrected chi connectivity index (χ2v) is 3.91. The lowest BCUT2D eigenvalue weighted by Gasteiger charge is -2.02. The lowest BCUT2D eigenvalue weighted by atomic mass is 10.2. The van der Waals surface area contributed by atoms with Crippen LogP contribution >= 0.6 is 43.5 Å². The Bertz CT molecular complexity index is 275. The first-order valence-corrected chi connectivity index (χ1v) is 5.32. The molecule has 60 valence electrons. The highest BCUT2D eigenvalue weighted by molar-refractivity contribution is 9.10. The number of hydrogen-bond acceptors (Lipinski definition) is 1. The summed E-state index contributed by atoms with van der Waals surface area (Å²) in [7, 11) is 0. The van der Waals surface area contributed by atoms with Crippen molar-refractivity contribution in [2.45, 2.75) is 12.3 Å². The van der Waals surface area contributed by atoms with Gasteiger partial charge in [0.05, 0.1) is 4.47 Å². The van der Waals surface area contributed by atoms with E-state index in [2.05, 4.69) is 36.8 Å². The molecule has 4 heteroatoms. The van der Waals surface area contributed by atoms with Crippen molar-refractivity contribution in [2.75, 3.05) is 0 Å². The molecule has 0 saturated heterocycles. The van der Waals surface area contributed by atoms with Crippen LogP contribution < -0.4 is 0 Å². The number of rotatable bonds is 1. The minimum Gasteiger partial charge on any atom is -0.240 e. The molecule has 0 aliphatic rings. The number of alkyl halides is 1. The molecule has 0 amide bonds. The van der Waals surface area contributed by atoms with Crippen LogP contribution in [0.2, 0.25) is 5.15 Å². The van der Waals surface area contributed by atoms with Gasteiger partial charge in [-0.25, -0.2) is 4.98 Å². The minimum absolute atomic E-state index is 0.521. The van der Waals surface area contributed by atoms with Crippen molar-refractivity contribution >= 4 is 43.5 Å². The first kappa shape index (κ1) is 9.49. The van der Waals surface area contributed by atoms with E-state index in [4.69, 9.17) is 11.6 Å². The normalized spacial score (nSPS) is 10.2. The Morgan fingerprint density at radius 3 is 2.82 bits per heavy atom. The van der Waals surface area contributed by atoms with Crippen molar-refractivity contribution in [2.24, 2.45) is 0 Å². The van der Waals surface area contributed by atoms with E-state index < -0.39 is 0 Å². The molecule has 0 spiro atoms. The van der Waals surface area contributed by atoms with E-state index in [0.29, 0.717) is 5.15 Å². The highest BCUT2D eigenvalue weighted by Gasteiger charge is 2.03. The molecule has 1 aromatic rings. The van der Waals surface area contributed by atoms with Crippen LogP contribution in [0.1, 0.15) is 11.3 Å². The Morgan fingerprint density at radius 1 is 1.64 bits per heavy atom. The van der Waals surface area contributed by atoms with Crippen LogP contribution in [-0.4, -0.2) is 4.98 Å². The highest BCUT2D eigenvalue weighted by Crippen LogP contribution is 2.23. The van der Waals surface area contributed by atoms with E-state index in [1.807, 2.05) is 13.0 Å². The van der Waals surface area contributed by atoms with Gasteiger partial charge in [-0.1, -0.05) is 27.5 Å². The monoisotopic (exact) mass is 297 g/mol. The van der Waals surface area contributed by atoms with E-state index >= 15 is 0 Å². The summed E-state index contributed by atoms with van der Waals surface area (Å²) in [6.07, 6.45) is 0. The van der Waals surface area contributed by atoms with Crippen molar-refractivity contribution in [3.05, 3.63) is 26.9 Å². The Hall–Kier alpha value is 0.400. The van der Waals surface area contributed by atoms with Crippen LogP contribution in [0.3, 0.4) is 0 Å². The van der Waals surface area contributed by atoms with Gasteiger partial charge in [-0.15, -0.1) is 0 Å². The SMILES string of the molecule is Cc1nc(Cl)c(Br)cc1CBr. The Morgan fingerprint density at radius 2 is 2.27 bits per heavy atom. The Kier molecular flexibility index (Phi) is 3.34. The molecule has 0 aliphatic carbocycles. The van der Waals surface area contributed by atoms with Gasteiger partial charge in [0.15, 0.2) is 0 Å². The molecule has 1 aromatic heterocycles. The maximum Gasteiger partial charge on any atom is 0.143 e.